The SMILES string of the molecule is COc1cc(CNCCCN(C)C)cc(Cl)c1OCc1cccs1. The molecule has 1 aromatic carbocycles. The van der Waals surface area contributed by atoms with Gasteiger partial charge < -0.3 is 19.7 Å². The van der Waals surface area contributed by atoms with E-state index in [9.17, 15) is 0 Å². The number of hydrogen-bond donors (Lipinski definition) is 1. The minimum absolute atomic E-state index is 0.496. The van der Waals surface area contributed by atoms with Crippen LogP contribution in [0.5, 0.6) is 11.5 Å². The van der Waals surface area contributed by atoms with Crippen LogP contribution in [0.1, 0.15) is 16.9 Å². The van der Waals surface area contributed by atoms with Crippen LogP contribution in [0.2, 0.25) is 5.02 Å². The van der Waals surface area contributed by atoms with Crippen molar-refractivity contribution in [2.24, 2.45) is 0 Å². The molecule has 0 saturated carbocycles. The lowest BCUT2D eigenvalue weighted by molar-refractivity contribution is 0.287. The molecule has 1 N–H and O–H groups in total. The van der Waals surface area contributed by atoms with Crippen LogP contribution in [0, 0.1) is 0 Å². The third-order valence-corrected chi connectivity index (χ3v) is 4.65. The summed E-state index contributed by atoms with van der Waals surface area (Å²) >= 11 is 8.06. The maximum atomic E-state index is 6.40. The molecule has 0 aliphatic rings. The quantitative estimate of drug-likeness (QED) is 0.642. The number of nitrogens with one attached hydrogen (secondary N) is 1. The molecule has 0 radical (unpaired) electrons. The molecule has 0 unspecified atom stereocenters. The van der Waals surface area contributed by atoms with Gasteiger partial charge in [0.25, 0.3) is 0 Å². The van der Waals surface area contributed by atoms with Gasteiger partial charge in [-0.25, -0.2) is 0 Å². The highest BCUT2D eigenvalue weighted by Crippen LogP contribution is 2.37. The molecule has 4 nitrogen and oxygen atoms in total. The molecule has 0 saturated heterocycles. The molecule has 0 spiro atoms. The van der Waals surface area contributed by atoms with Crippen LogP contribution in [-0.4, -0.2) is 39.2 Å². The molecular weight excluding hydrogens is 344 g/mol. The Morgan fingerprint density at radius 3 is 2.79 bits per heavy atom. The molecule has 0 bridgehead atoms. The number of hydrogen-bond acceptors (Lipinski definition) is 5. The summed E-state index contributed by atoms with van der Waals surface area (Å²) < 4.78 is 11.3. The van der Waals surface area contributed by atoms with Crippen LogP contribution in [0.4, 0.5) is 0 Å². The first kappa shape index (κ1) is 19.1. The van der Waals surface area contributed by atoms with Crippen LogP contribution in [-0.2, 0) is 13.2 Å². The first-order valence-corrected chi connectivity index (χ1v) is 9.23. The molecular formula is C18H25ClN2O2S. The molecule has 0 aliphatic heterocycles. The summed E-state index contributed by atoms with van der Waals surface area (Å²) in [4.78, 5) is 3.33. The summed E-state index contributed by atoms with van der Waals surface area (Å²) in [5.74, 6) is 1.27. The van der Waals surface area contributed by atoms with Crippen LogP contribution in [0.3, 0.4) is 0 Å². The zero-order valence-electron chi connectivity index (χ0n) is 14.5. The second kappa shape index (κ2) is 9.89. The predicted molar refractivity (Wildman–Crippen MR) is 102 cm³/mol. The molecule has 6 heteroatoms. The maximum absolute atomic E-state index is 6.40. The Morgan fingerprint density at radius 1 is 1.29 bits per heavy atom. The van der Waals surface area contributed by atoms with Crippen LogP contribution in [0.25, 0.3) is 0 Å². The van der Waals surface area contributed by atoms with Gasteiger partial charge >= 0.3 is 0 Å². The second-order valence-electron chi connectivity index (χ2n) is 5.81. The van der Waals surface area contributed by atoms with E-state index >= 15 is 0 Å². The summed E-state index contributed by atoms with van der Waals surface area (Å²) in [5, 5.41) is 6.04. The molecule has 0 aliphatic carbocycles. The lowest BCUT2D eigenvalue weighted by atomic mass is 10.2. The number of thiophene rings is 1. The molecule has 2 aromatic rings. The smallest absolute Gasteiger partial charge is 0.180 e. The number of halogens is 1. The van der Waals surface area contributed by atoms with Crippen molar-refractivity contribution < 1.29 is 9.47 Å². The summed E-state index contributed by atoms with van der Waals surface area (Å²) in [6, 6.07) is 7.96. The minimum Gasteiger partial charge on any atom is -0.493 e. The summed E-state index contributed by atoms with van der Waals surface area (Å²) in [6.07, 6.45) is 1.11. The van der Waals surface area contributed by atoms with Crippen molar-refractivity contribution in [1.82, 2.24) is 10.2 Å². The number of methoxy groups -OCH3 is 1. The van der Waals surface area contributed by atoms with Gasteiger partial charge in [-0.1, -0.05) is 17.7 Å². The monoisotopic (exact) mass is 368 g/mol. The highest BCUT2D eigenvalue weighted by molar-refractivity contribution is 7.09. The first-order chi connectivity index (χ1) is 11.6. The molecule has 2 rings (SSSR count). The van der Waals surface area contributed by atoms with E-state index in [4.69, 9.17) is 21.1 Å². The zero-order chi connectivity index (χ0) is 17.4. The van der Waals surface area contributed by atoms with Crippen molar-refractivity contribution in [2.75, 3.05) is 34.3 Å². The van der Waals surface area contributed by atoms with Crippen LogP contribution in [0.15, 0.2) is 29.6 Å². The highest BCUT2D eigenvalue weighted by atomic mass is 35.5. The van der Waals surface area contributed by atoms with E-state index in [-0.39, 0.29) is 0 Å². The molecule has 24 heavy (non-hydrogen) atoms. The Kier molecular flexibility index (Phi) is 7.85. The number of nitrogens with zero attached hydrogens (tertiary/aromatic N) is 1. The van der Waals surface area contributed by atoms with Crippen molar-refractivity contribution in [2.45, 2.75) is 19.6 Å². The Labute approximate surface area is 153 Å². The Hall–Kier alpha value is -1.27. The van der Waals surface area contributed by atoms with Crippen molar-refractivity contribution in [3.63, 3.8) is 0 Å². The molecule has 1 aromatic heterocycles. The highest BCUT2D eigenvalue weighted by Gasteiger charge is 2.12. The van der Waals surface area contributed by atoms with Crippen molar-refractivity contribution in [1.29, 1.82) is 0 Å². The van der Waals surface area contributed by atoms with E-state index in [2.05, 4.69) is 24.3 Å². The van der Waals surface area contributed by atoms with E-state index < -0.39 is 0 Å². The molecule has 0 amide bonds. The van der Waals surface area contributed by atoms with Gasteiger partial charge in [-0.05, 0) is 62.7 Å². The van der Waals surface area contributed by atoms with Crippen LogP contribution >= 0.6 is 22.9 Å². The fraction of sp³-hybridized carbons (Fsp3) is 0.444. The van der Waals surface area contributed by atoms with Gasteiger partial charge in [0, 0.05) is 11.4 Å². The first-order valence-electron chi connectivity index (χ1n) is 7.97. The number of benzene rings is 1. The second-order valence-corrected chi connectivity index (χ2v) is 7.25. The minimum atomic E-state index is 0.496. The molecule has 0 fully saturated rings. The number of ether oxygens (including phenoxy) is 2. The average Bonchev–Trinajstić information content (AvgIpc) is 3.06. The van der Waals surface area contributed by atoms with Crippen LogP contribution < -0.4 is 14.8 Å². The van der Waals surface area contributed by atoms with Crippen molar-refractivity contribution in [3.8, 4) is 11.5 Å². The summed E-state index contributed by atoms with van der Waals surface area (Å²) in [7, 11) is 5.80. The maximum Gasteiger partial charge on any atom is 0.180 e. The van der Waals surface area contributed by atoms with Gasteiger partial charge in [0.05, 0.1) is 12.1 Å². The van der Waals surface area contributed by atoms with E-state index in [0.717, 1.165) is 36.5 Å². The third-order valence-electron chi connectivity index (χ3n) is 3.52. The van der Waals surface area contributed by atoms with Gasteiger partial charge in [-0.2, -0.15) is 0 Å². The van der Waals surface area contributed by atoms with Crippen molar-refractivity contribution >= 4 is 22.9 Å². The number of rotatable bonds is 10. The van der Waals surface area contributed by atoms with Gasteiger partial charge in [0.2, 0.25) is 0 Å². The van der Waals surface area contributed by atoms with E-state index in [1.54, 1.807) is 18.4 Å². The van der Waals surface area contributed by atoms with Gasteiger partial charge in [0.15, 0.2) is 11.5 Å². The summed E-state index contributed by atoms with van der Waals surface area (Å²) in [6.45, 7) is 3.30. The predicted octanol–water partition coefficient (Wildman–Crippen LogP) is 4.03. The lowest BCUT2D eigenvalue weighted by Gasteiger charge is -2.14. The Morgan fingerprint density at radius 2 is 2.12 bits per heavy atom. The summed E-state index contributed by atoms with van der Waals surface area (Å²) in [5.41, 5.74) is 1.09. The van der Waals surface area contributed by atoms with Gasteiger partial charge in [-0.3, -0.25) is 0 Å². The van der Waals surface area contributed by atoms with Gasteiger partial charge in [0.1, 0.15) is 6.61 Å². The van der Waals surface area contributed by atoms with E-state index in [1.165, 1.54) is 0 Å². The fourth-order valence-electron chi connectivity index (χ4n) is 2.31. The Bertz CT molecular complexity index is 618. The van der Waals surface area contributed by atoms with E-state index in [0.29, 0.717) is 23.1 Å². The molecule has 1 heterocycles. The molecule has 0 atom stereocenters. The van der Waals surface area contributed by atoms with E-state index in [1.807, 2.05) is 29.6 Å². The Balaban J connectivity index is 1.93. The third kappa shape index (κ3) is 5.98. The topological polar surface area (TPSA) is 33.7 Å². The molecule has 132 valence electrons. The van der Waals surface area contributed by atoms with Gasteiger partial charge in [-0.15, -0.1) is 11.3 Å². The standard InChI is InChI=1S/C18H25ClN2O2S/c1-21(2)8-5-7-20-12-14-10-16(19)18(17(11-14)22-3)23-13-15-6-4-9-24-15/h4,6,9-11,20H,5,7-8,12-13H2,1-3H3. The zero-order valence-corrected chi connectivity index (χ0v) is 16.0. The lowest BCUT2D eigenvalue weighted by Crippen LogP contribution is -2.21. The fourth-order valence-corrected chi connectivity index (χ4v) is 3.21. The van der Waals surface area contributed by atoms with Crippen molar-refractivity contribution in [3.05, 3.63) is 45.1 Å². The normalized spacial score (nSPS) is 11.0. The average molecular weight is 369 g/mol. The largest absolute Gasteiger partial charge is 0.493 e.